The predicted molar refractivity (Wildman–Crippen MR) is 82.9 cm³/mol. The Morgan fingerprint density at radius 2 is 2.20 bits per heavy atom. The SMILES string of the molecule is N[C@@H]1CC2(CCN3CCCC3C2)Oc2ccc(Br)cc21. The van der Waals surface area contributed by atoms with Crippen LogP contribution >= 0.6 is 15.9 Å². The number of nitrogens with zero attached hydrogens (tertiary/aromatic N) is 1. The van der Waals surface area contributed by atoms with Crippen molar-refractivity contribution < 1.29 is 4.74 Å². The van der Waals surface area contributed by atoms with E-state index in [1.165, 1.54) is 25.9 Å². The number of hydrogen-bond donors (Lipinski definition) is 1. The van der Waals surface area contributed by atoms with Crippen molar-refractivity contribution in [2.75, 3.05) is 13.1 Å². The predicted octanol–water partition coefficient (Wildman–Crippen LogP) is 3.23. The highest BCUT2D eigenvalue weighted by Gasteiger charge is 2.46. The summed E-state index contributed by atoms with van der Waals surface area (Å²) in [5.74, 6) is 0.999. The molecule has 2 N–H and O–H groups in total. The molecular weight excluding hydrogens is 316 g/mol. The number of hydrogen-bond acceptors (Lipinski definition) is 3. The van der Waals surface area contributed by atoms with Gasteiger partial charge in [0.05, 0.1) is 0 Å². The van der Waals surface area contributed by atoms with E-state index < -0.39 is 0 Å². The van der Waals surface area contributed by atoms with Crippen molar-refractivity contribution in [1.82, 2.24) is 4.90 Å². The molecule has 3 aliphatic heterocycles. The molecule has 2 saturated heterocycles. The summed E-state index contributed by atoms with van der Waals surface area (Å²) in [6.45, 7) is 2.44. The maximum atomic E-state index is 6.47. The van der Waals surface area contributed by atoms with Gasteiger partial charge in [0.15, 0.2) is 0 Å². The third-order valence-electron chi connectivity index (χ3n) is 5.25. The first-order chi connectivity index (χ1) is 9.65. The van der Waals surface area contributed by atoms with E-state index in [0.29, 0.717) is 6.04 Å². The second-order valence-electron chi connectivity index (χ2n) is 6.56. The van der Waals surface area contributed by atoms with E-state index >= 15 is 0 Å². The molecule has 0 aromatic heterocycles. The fraction of sp³-hybridized carbons (Fsp3) is 0.625. The quantitative estimate of drug-likeness (QED) is 0.790. The molecule has 3 atom stereocenters. The minimum absolute atomic E-state index is 0.0221. The molecular formula is C16H21BrN2O. The van der Waals surface area contributed by atoms with Crippen LogP contribution in [0.3, 0.4) is 0 Å². The summed E-state index contributed by atoms with van der Waals surface area (Å²) in [7, 11) is 0. The van der Waals surface area contributed by atoms with E-state index in [0.717, 1.165) is 35.0 Å². The molecule has 2 fully saturated rings. The van der Waals surface area contributed by atoms with Crippen LogP contribution in [0.5, 0.6) is 5.75 Å². The van der Waals surface area contributed by atoms with Crippen LogP contribution in [0.25, 0.3) is 0 Å². The first-order valence-corrected chi connectivity index (χ1v) is 8.43. The normalized spacial score (nSPS) is 36.5. The largest absolute Gasteiger partial charge is 0.487 e. The lowest BCUT2D eigenvalue weighted by molar-refractivity contribution is -0.0358. The molecule has 20 heavy (non-hydrogen) atoms. The summed E-state index contributed by atoms with van der Waals surface area (Å²) in [6, 6.07) is 7.05. The molecule has 3 aliphatic rings. The second kappa shape index (κ2) is 4.72. The van der Waals surface area contributed by atoms with Gasteiger partial charge in [0.2, 0.25) is 0 Å². The van der Waals surface area contributed by atoms with Gasteiger partial charge in [-0.05, 0) is 44.0 Å². The van der Waals surface area contributed by atoms with Gasteiger partial charge in [-0.2, -0.15) is 0 Å². The first-order valence-electron chi connectivity index (χ1n) is 7.63. The lowest BCUT2D eigenvalue weighted by atomic mass is 9.78. The highest BCUT2D eigenvalue weighted by Crippen LogP contribution is 2.46. The van der Waals surface area contributed by atoms with Crippen LogP contribution in [0.15, 0.2) is 22.7 Å². The number of piperidine rings is 1. The van der Waals surface area contributed by atoms with Crippen molar-refractivity contribution >= 4 is 15.9 Å². The number of nitrogens with two attached hydrogens (primary N) is 1. The van der Waals surface area contributed by atoms with Crippen molar-refractivity contribution in [2.45, 2.75) is 49.8 Å². The van der Waals surface area contributed by atoms with Crippen molar-refractivity contribution in [1.29, 1.82) is 0 Å². The maximum Gasteiger partial charge on any atom is 0.124 e. The first kappa shape index (κ1) is 13.1. The molecule has 0 amide bonds. The maximum absolute atomic E-state index is 6.47. The summed E-state index contributed by atoms with van der Waals surface area (Å²) < 4.78 is 7.55. The van der Waals surface area contributed by atoms with Gasteiger partial charge in [0, 0.05) is 41.5 Å². The number of benzene rings is 1. The van der Waals surface area contributed by atoms with Gasteiger partial charge >= 0.3 is 0 Å². The fourth-order valence-electron chi connectivity index (χ4n) is 4.27. The van der Waals surface area contributed by atoms with E-state index in [4.69, 9.17) is 10.5 Å². The fourth-order valence-corrected chi connectivity index (χ4v) is 4.64. The Bertz CT molecular complexity index is 535. The third-order valence-corrected chi connectivity index (χ3v) is 5.74. The van der Waals surface area contributed by atoms with E-state index in [1.807, 2.05) is 0 Å². The summed E-state index contributed by atoms with van der Waals surface area (Å²) in [5.41, 5.74) is 7.57. The number of halogens is 1. The Kier molecular flexibility index (Phi) is 3.09. The Morgan fingerprint density at radius 3 is 3.10 bits per heavy atom. The second-order valence-corrected chi connectivity index (χ2v) is 7.48. The van der Waals surface area contributed by atoms with Gasteiger partial charge in [0.25, 0.3) is 0 Å². The van der Waals surface area contributed by atoms with E-state index in [-0.39, 0.29) is 11.6 Å². The van der Waals surface area contributed by atoms with Crippen LogP contribution in [0, 0.1) is 0 Å². The molecule has 3 heterocycles. The van der Waals surface area contributed by atoms with Crippen molar-refractivity contribution in [3.8, 4) is 5.75 Å². The van der Waals surface area contributed by atoms with Crippen molar-refractivity contribution in [2.24, 2.45) is 5.73 Å². The number of fused-ring (bicyclic) bond motifs is 2. The zero-order valence-corrected chi connectivity index (χ0v) is 13.2. The molecule has 4 heteroatoms. The minimum Gasteiger partial charge on any atom is -0.487 e. The smallest absolute Gasteiger partial charge is 0.124 e. The van der Waals surface area contributed by atoms with Gasteiger partial charge in [0.1, 0.15) is 11.4 Å². The zero-order valence-electron chi connectivity index (χ0n) is 11.6. The van der Waals surface area contributed by atoms with Crippen molar-refractivity contribution in [3.05, 3.63) is 28.2 Å². The molecule has 2 unspecified atom stereocenters. The zero-order chi connectivity index (χ0) is 13.7. The lowest BCUT2D eigenvalue weighted by Crippen LogP contribution is -2.53. The molecule has 1 aromatic rings. The summed E-state index contributed by atoms with van der Waals surface area (Å²) >= 11 is 3.52. The summed E-state index contributed by atoms with van der Waals surface area (Å²) in [5, 5.41) is 0. The topological polar surface area (TPSA) is 38.5 Å². The Hall–Kier alpha value is -0.580. The average molecular weight is 337 g/mol. The van der Waals surface area contributed by atoms with Crippen LogP contribution in [-0.4, -0.2) is 29.6 Å². The standard InChI is InChI=1S/C16H21BrN2O/c17-11-3-4-15-13(8-11)14(18)10-16(20-15)5-7-19-6-1-2-12(19)9-16/h3-4,8,12,14H,1-2,5-7,9-10,18H2/t12?,14-,16?/m1/s1. The lowest BCUT2D eigenvalue weighted by Gasteiger charge is -2.48. The van der Waals surface area contributed by atoms with Crippen molar-refractivity contribution in [3.63, 3.8) is 0 Å². The highest BCUT2D eigenvalue weighted by molar-refractivity contribution is 9.10. The van der Waals surface area contributed by atoms with Gasteiger partial charge in [-0.15, -0.1) is 0 Å². The van der Waals surface area contributed by atoms with Gasteiger partial charge in [-0.25, -0.2) is 0 Å². The van der Waals surface area contributed by atoms with E-state index in [2.05, 4.69) is 39.0 Å². The van der Waals surface area contributed by atoms with Gasteiger partial charge in [-0.3, -0.25) is 0 Å². The molecule has 0 saturated carbocycles. The van der Waals surface area contributed by atoms with E-state index in [9.17, 15) is 0 Å². The number of rotatable bonds is 0. The van der Waals surface area contributed by atoms with Gasteiger partial charge < -0.3 is 15.4 Å². The molecule has 1 aromatic carbocycles. The summed E-state index contributed by atoms with van der Waals surface area (Å²) in [6.07, 6.45) is 5.90. The van der Waals surface area contributed by atoms with E-state index in [1.54, 1.807) is 0 Å². The molecule has 3 nitrogen and oxygen atoms in total. The minimum atomic E-state index is -0.0221. The Labute approximate surface area is 128 Å². The monoisotopic (exact) mass is 336 g/mol. The van der Waals surface area contributed by atoms with Crippen LogP contribution in [-0.2, 0) is 0 Å². The van der Waals surface area contributed by atoms with Crippen LogP contribution in [0.4, 0.5) is 0 Å². The molecule has 0 radical (unpaired) electrons. The Balaban J connectivity index is 1.63. The highest BCUT2D eigenvalue weighted by atomic mass is 79.9. The molecule has 0 bridgehead atoms. The molecule has 108 valence electrons. The molecule has 0 aliphatic carbocycles. The average Bonchev–Trinajstić information content (AvgIpc) is 2.87. The Morgan fingerprint density at radius 1 is 1.30 bits per heavy atom. The van der Waals surface area contributed by atoms with Crippen LogP contribution in [0.1, 0.15) is 43.7 Å². The third kappa shape index (κ3) is 2.09. The van der Waals surface area contributed by atoms with Crippen LogP contribution in [0.2, 0.25) is 0 Å². The molecule has 1 spiro atoms. The van der Waals surface area contributed by atoms with Crippen LogP contribution < -0.4 is 10.5 Å². The summed E-state index contributed by atoms with van der Waals surface area (Å²) in [4.78, 5) is 2.64. The molecule has 4 rings (SSSR count). The number of ether oxygens (including phenoxy) is 1. The van der Waals surface area contributed by atoms with Gasteiger partial charge in [-0.1, -0.05) is 15.9 Å².